The van der Waals surface area contributed by atoms with E-state index in [4.69, 9.17) is 4.74 Å². The Hall–Kier alpha value is -2.46. The number of amides is 1. The largest absolute Gasteiger partial charge is 0.479 e. The quantitative estimate of drug-likeness (QED) is 0.772. The molecule has 2 aromatic rings. The van der Waals surface area contributed by atoms with Crippen molar-refractivity contribution in [2.24, 2.45) is 0 Å². The first-order chi connectivity index (χ1) is 12.6. The normalized spacial score (nSPS) is 20.7. The summed E-state index contributed by atoms with van der Waals surface area (Å²) in [6.45, 7) is 1.81. The zero-order valence-electron chi connectivity index (χ0n) is 15.0. The number of aliphatic carboxylic acids is 1. The van der Waals surface area contributed by atoms with Gasteiger partial charge in [-0.2, -0.15) is 0 Å². The number of aromatic nitrogens is 2. The van der Waals surface area contributed by atoms with Crippen molar-refractivity contribution in [2.45, 2.75) is 31.4 Å². The van der Waals surface area contributed by atoms with Gasteiger partial charge in [-0.15, -0.1) is 0 Å². The zero-order valence-corrected chi connectivity index (χ0v) is 15.8. The molecule has 0 radical (unpaired) electrons. The fourth-order valence-electron chi connectivity index (χ4n) is 3.17. The molecule has 10 heteroatoms. The Labute approximate surface area is 156 Å². The highest BCUT2D eigenvalue weighted by molar-refractivity contribution is 7.89. The summed E-state index contributed by atoms with van der Waals surface area (Å²) in [6.07, 6.45) is -0.369. The van der Waals surface area contributed by atoms with Crippen LogP contribution >= 0.6 is 0 Å². The molecule has 0 spiro atoms. The van der Waals surface area contributed by atoms with Gasteiger partial charge in [-0.1, -0.05) is 12.1 Å². The number of carboxylic acid groups (broad SMARTS) is 1. The number of benzene rings is 1. The van der Waals surface area contributed by atoms with E-state index in [0.29, 0.717) is 11.0 Å². The van der Waals surface area contributed by atoms with Crippen LogP contribution in [0.5, 0.6) is 0 Å². The van der Waals surface area contributed by atoms with Crippen LogP contribution in [0.3, 0.4) is 0 Å². The molecule has 1 aliphatic heterocycles. The van der Waals surface area contributed by atoms with Crippen LogP contribution in [0.1, 0.15) is 12.7 Å². The molecule has 27 heavy (non-hydrogen) atoms. The fraction of sp³-hybridized carbons (Fsp3) is 0.471. The van der Waals surface area contributed by atoms with Crippen molar-refractivity contribution in [1.82, 2.24) is 14.5 Å². The third kappa shape index (κ3) is 4.45. The first kappa shape index (κ1) is 19.3. The van der Waals surface area contributed by atoms with Crippen LogP contribution in [0.2, 0.25) is 0 Å². The lowest BCUT2D eigenvalue weighted by Gasteiger charge is -2.35. The molecule has 1 aromatic carbocycles. The molecule has 0 saturated carbocycles. The molecule has 1 saturated heterocycles. The lowest BCUT2D eigenvalue weighted by Crippen LogP contribution is -2.52. The monoisotopic (exact) mass is 395 g/mol. The number of rotatable bonds is 5. The van der Waals surface area contributed by atoms with Gasteiger partial charge in [0, 0.05) is 12.8 Å². The van der Waals surface area contributed by atoms with Gasteiger partial charge < -0.3 is 19.3 Å². The molecule has 0 bridgehead atoms. The third-order valence-electron chi connectivity index (χ3n) is 4.31. The number of nitrogens with zero attached hydrogens (tertiary/aromatic N) is 3. The van der Waals surface area contributed by atoms with Crippen molar-refractivity contribution >= 4 is 32.7 Å². The van der Waals surface area contributed by atoms with Gasteiger partial charge in [-0.05, 0) is 19.1 Å². The lowest BCUT2D eigenvalue weighted by atomic mass is 10.2. The van der Waals surface area contributed by atoms with Crippen LogP contribution in [0.25, 0.3) is 11.0 Å². The van der Waals surface area contributed by atoms with E-state index >= 15 is 0 Å². The van der Waals surface area contributed by atoms with Crippen molar-refractivity contribution in [3.05, 3.63) is 30.1 Å². The second-order valence-corrected chi connectivity index (χ2v) is 8.89. The zero-order chi connectivity index (χ0) is 19.8. The molecule has 3 rings (SSSR count). The number of morpholine rings is 1. The smallest absolute Gasteiger partial charge is 0.334 e. The van der Waals surface area contributed by atoms with E-state index < -0.39 is 28.0 Å². The van der Waals surface area contributed by atoms with E-state index in [-0.39, 0.29) is 37.1 Å². The number of ether oxygens (including phenoxy) is 1. The molecule has 2 atom stereocenters. The summed E-state index contributed by atoms with van der Waals surface area (Å²) < 4.78 is 30.4. The summed E-state index contributed by atoms with van der Waals surface area (Å²) in [6, 6.07) is 7.09. The molecule has 1 amide bonds. The third-order valence-corrected chi connectivity index (χ3v) is 5.09. The summed E-state index contributed by atoms with van der Waals surface area (Å²) in [4.78, 5) is 29.8. The predicted molar refractivity (Wildman–Crippen MR) is 96.8 cm³/mol. The first-order valence-electron chi connectivity index (χ1n) is 8.42. The molecule has 0 aliphatic carbocycles. The number of imidazole rings is 1. The Balaban J connectivity index is 1.90. The minimum absolute atomic E-state index is 0.0491. The number of hydrogen-bond donors (Lipinski definition) is 1. The number of carbonyl (C=O) groups excluding carboxylic acids is 1. The molecular weight excluding hydrogens is 374 g/mol. The van der Waals surface area contributed by atoms with Crippen molar-refractivity contribution in [1.29, 1.82) is 0 Å². The number of carboxylic acids is 1. The van der Waals surface area contributed by atoms with E-state index in [9.17, 15) is 23.1 Å². The molecule has 1 fully saturated rings. The molecule has 2 heterocycles. The summed E-state index contributed by atoms with van der Waals surface area (Å²) >= 11 is 0. The molecule has 146 valence electrons. The Bertz CT molecular complexity index is 984. The Morgan fingerprint density at radius 2 is 2.00 bits per heavy atom. The molecule has 9 nitrogen and oxygen atoms in total. The van der Waals surface area contributed by atoms with Crippen LogP contribution in [0, 0.1) is 0 Å². The highest BCUT2D eigenvalue weighted by atomic mass is 32.2. The summed E-state index contributed by atoms with van der Waals surface area (Å²) in [5.74, 6) is -1.44. The van der Waals surface area contributed by atoms with Gasteiger partial charge >= 0.3 is 5.97 Å². The number of para-hydroxylation sites is 2. The van der Waals surface area contributed by atoms with Crippen molar-refractivity contribution in [2.75, 3.05) is 19.3 Å². The molecule has 1 unspecified atom stereocenters. The Kier molecular flexibility index (Phi) is 5.20. The van der Waals surface area contributed by atoms with Crippen molar-refractivity contribution in [3.63, 3.8) is 0 Å². The number of fused-ring (bicyclic) bond motifs is 1. The minimum Gasteiger partial charge on any atom is -0.479 e. The predicted octanol–water partition coefficient (Wildman–Crippen LogP) is 0.281. The average molecular weight is 395 g/mol. The number of sulfone groups is 1. The van der Waals surface area contributed by atoms with E-state index in [1.165, 1.54) is 4.90 Å². The van der Waals surface area contributed by atoms with Crippen LogP contribution in [0.4, 0.5) is 0 Å². The standard InChI is InChI=1S/C17H21N3O6S/c1-11-7-19(8-14(26-11)17(22)23)16(21)9-20-13-6-4-3-5-12(13)18-15(20)10-27(2,24)25/h3-6,11,14H,7-10H2,1-2H3,(H,22,23)/t11-,14?/m1/s1. The maximum absolute atomic E-state index is 12.8. The van der Waals surface area contributed by atoms with E-state index in [1.807, 2.05) is 0 Å². The van der Waals surface area contributed by atoms with E-state index in [2.05, 4.69) is 4.98 Å². The van der Waals surface area contributed by atoms with Gasteiger partial charge in [-0.25, -0.2) is 18.2 Å². The minimum atomic E-state index is -3.34. The van der Waals surface area contributed by atoms with Gasteiger partial charge in [0.2, 0.25) is 5.91 Å². The van der Waals surface area contributed by atoms with Gasteiger partial charge in [0.25, 0.3) is 0 Å². The van der Waals surface area contributed by atoms with Gasteiger partial charge in [0.15, 0.2) is 15.9 Å². The average Bonchev–Trinajstić information content (AvgIpc) is 2.89. The second kappa shape index (κ2) is 7.28. The molecule has 1 aliphatic rings. The van der Waals surface area contributed by atoms with Crippen LogP contribution in [-0.4, -0.2) is 71.4 Å². The maximum Gasteiger partial charge on any atom is 0.334 e. The fourth-order valence-corrected chi connectivity index (χ4v) is 3.86. The van der Waals surface area contributed by atoms with Gasteiger partial charge in [-0.3, -0.25) is 4.79 Å². The number of carbonyl (C=O) groups is 2. The highest BCUT2D eigenvalue weighted by Gasteiger charge is 2.33. The summed E-state index contributed by atoms with van der Waals surface area (Å²) in [7, 11) is -3.34. The second-order valence-electron chi connectivity index (χ2n) is 6.75. The summed E-state index contributed by atoms with van der Waals surface area (Å²) in [5, 5.41) is 9.18. The number of hydrogen-bond acceptors (Lipinski definition) is 6. The van der Waals surface area contributed by atoms with Gasteiger partial charge in [0.05, 0.1) is 23.7 Å². The SMILES string of the molecule is C[C@@H]1CN(C(=O)Cn2c(CS(C)(=O)=O)nc3ccccc32)CC(C(=O)O)O1. The highest BCUT2D eigenvalue weighted by Crippen LogP contribution is 2.19. The molecule has 1 aromatic heterocycles. The van der Waals surface area contributed by atoms with Crippen LogP contribution in [0.15, 0.2) is 24.3 Å². The van der Waals surface area contributed by atoms with Crippen LogP contribution < -0.4 is 0 Å². The molecule has 1 N–H and O–H groups in total. The topological polar surface area (TPSA) is 119 Å². The van der Waals surface area contributed by atoms with Crippen molar-refractivity contribution < 1.29 is 27.9 Å². The lowest BCUT2D eigenvalue weighted by molar-refractivity contribution is -0.166. The van der Waals surface area contributed by atoms with E-state index in [1.54, 1.807) is 35.8 Å². The van der Waals surface area contributed by atoms with Crippen molar-refractivity contribution in [3.8, 4) is 0 Å². The summed E-state index contributed by atoms with van der Waals surface area (Å²) in [5.41, 5.74) is 1.25. The van der Waals surface area contributed by atoms with Gasteiger partial charge in [0.1, 0.15) is 18.1 Å². The maximum atomic E-state index is 12.8. The Morgan fingerprint density at radius 1 is 1.30 bits per heavy atom. The molecular formula is C17H21N3O6S. The van der Waals surface area contributed by atoms with E-state index in [0.717, 1.165) is 6.26 Å². The Morgan fingerprint density at radius 3 is 2.67 bits per heavy atom. The first-order valence-corrected chi connectivity index (χ1v) is 10.5. The van der Waals surface area contributed by atoms with Crippen LogP contribution in [-0.2, 0) is 36.5 Å².